The monoisotopic (exact) mass is 333 g/mol. The van der Waals surface area contributed by atoms with Gasteiger partial charge in [-0.05, 0) is 30.2 Å². The molecule has 0 saturated carbocycles. The second-order valence-electron chi connectivity index (χ2n) is 6.26. The molecule has 5 nitrogen and oxygen atoms in total. The molecule has 1 aliphatic heterocycles. The number of carbonyl (C=O) groups is 1. The number of hydrogen-bond donors (Lipinski definition) is 2. The first-order valence-corrected chi connectivity index (χ1v) is 8.32. The van der Waals surface area contributed by atoms with Crippen molar-refractivity contribution in [2.45, 2.75) is 25.9 Å². The smallest absolute Gasteiger partial charge is 0.226 e. The van der Waals surface area contributed by atoms with Crippen LogP contribution in [0.4, 0.5) is 5.82 Å². The summed E-state index contributed by atoms with van der Waals surface area (Å²) in [5.74, 6) is 1.47. The van der Waals surface area contributed by atoms with Crippen molar-refractivity contribution in [2.24, 2.45) is 0 Å². The predicted molar refractivity (Wildman–Crippen MR) is 95.6 cm³/mol. The number of anilines is 1. The van der Waals surface area contributed by atoms with Gasteiger partial charge in [0.15, 0.2) is 5.82 Å². The molecule has 1 aromatic heterocycles. The molecule has 1 atom stereocenters. The molecule has 4 rings (SSSR count). The summed E-state index contributed by atoms with van der Waals surface area (Å²) in [6.07, 6.45) is 0.428. The lowest BCUT2D eigenvalue weighted by atomic mass is 9.86. The van der Waals surface area contributed by atoms with Crippen LogP contribution in [-0.2, 0) is 11.4 Å². The van der Waals surface area contributed by atoms with Crippen molar-refractivity contribution in [1.29, 1.82) is 0 Å². The molecule has 25 heavy (non-hydrogen) atoms. The number of nitrogens with one attached hydrogen (secondary N) is 2. The van der Waals surface area contributed by atoms with Crippen molar-refractivity contribution in [3.63, 3.8) is 0 Å². The Morgan fingerprint density at radius 2 is 1.88 bits per heavy atom. The Balaban J connectivity index is 1.52. The van der Waals surface area contributed by atoms with E-state index in [2.05, 4.69) is 15.5 Å². The molecular weight excluding hydrogens is 314 g/mol. The molecule has 3 aromatic rings. The Labute approximate surface area is 146 Å². The van der Waals surface area contributed by atoms with Crippen molar-refractivity contribution in [2.75, 3.05) is 5.32 Å². The lowest BCUT2D eigenvalue weighted by Crippen LogP contribution is -2.23. The van der Waals surface area contributed by atoms with Gasteiger partial charge in [-0.25, -0.2) is 0 Å². The molecule has 1 unspecified atom stereocenters. The first kappa shape index (κ1) is 15.4. The van der Waals surface area contributed by atoms with Gasteiger partial charge in [0.25, 0.3) is 0 Å². The van der Waals surface area contributed by atoms with E-state index in [-0.39, 0.29) is 11.8 Å². The molecule has 0 aliphatic carbocycles. The van der Waals surface area contributed by atoms with Crippen molar-refractivity contribution in [3.8, 4) is 5.75 Å². The molecule has 0 spiro atoms. The molecule has 0 bridgehead atoms. The van der Waals surface area contributed by atoms with Gasteiger partial charge in [-0.2, -0.15) is 5.10 Å². The Bertz CT molecular complexity index is 885. The minimum atomic E-state index is -0.00611. The maximum Gasteiger partial charge on any atom is 0.226 e. The summed E-state index contributed by atoms with van der Waals surface area (Å²) in [6.45, 7) is 2.52. The molecular formula is C20H19N3O2. The summed E-state index contributed by atoms with van der Waals surface area (Å²) in [7, 11) is 0. The zero-order valence-corrected chi connectivity index (χ0v) is 14.0. The highest BCUT2D eigenvalue weighted by Crippen LogP contribution is 2.38. The van der Waals surface area contributed by atoms with Crippen LogP contribution in [0.1, 0.15) is 34.7 Å². The number of aromatic amines is 1. The first-order chi connectivity index (χ1) is 12.2. The summed E-state index contributed by atoms with van der Waals surface area (Å²) < 4.78 is 5.84. The quantitative estimate of drug-likeness (QED) is 0.764. The van der Waals surface area contributed by atoms with Crippen molar-refractivity contribution in [3.05, 3.63) is 77.0 Å². The molecule has 5 heteroatoms. The maximum absolute atomic E-state index is 12.0. The molecule has 2 aromatic carbocycles. The van der Waals surface area contributed by atoms with E-state index in [0.717, 1.165) is 28.1 Å². The summed E-state index contributed by atoms with van der Waals surface area (Å²) in [4.78, 5) is 12.0. The third kappa shape index (κ3) is 3.13. The normalized spacial score (nSPS) is 16.2. The highest BCUT2D eigenvalue weighted by Gasteiger charge is 2.30. The minimum Gasteiger partial charge on any atom is -0.489 e. The molecule has 0 fully saturated rings. The number of aryl methyl sites for hydroxylation is 1. The minimum absolute atomic E-state index is 0.00611. The highest BCUT2D eigenvalue weighted by molar-refractivity contribution is 5.94. The molecule has 0 saturated heterocycles. The SMILES string of the molecule is Cc1[nH]nc2c1C(c1ccc(OCc3ccccc3)cc1)CC(=O)N2. The Morgan fingerprint density at radius 3 is 2.64 bits per heavy atom. The molecule has 2 N–H and O–H groups in total. The largest absolute Gasteiger partial charge is 0.489 e. The van der Waals surface area contributed by atoms with E-state index >= 15 is 0 Å². The standard InChI is InChI=1S/C20H19N3O2/c1-13-19-17(11-18(24)21-20(19)23-22-13)15-7-9-16(10-8-15)25-12-14-5-3-2-4-6-14/h2-10,17H,11-12H2,1H3,(H2,21,22,23,24). The fourth-order valence-corrected chi connectivity index (χ4v) is 3.25. The van der Waals surface area contributed by atoms with Crippen LogP contribution in [-0.4, -0.2) is 16.1 Å². The number of aromatic nitrogens is 2. The third-order valence-corrected chi connectivity index (χ3v) is 4.52. The number of benzene rings is 2. The van der Waals surface area contributed by atoms with Crippen LogP contribution in [0.2, 0.25) is 0 Å². The van der Waals surface area contributed by atoms with Crippen LogP contribution in [0, 0.1) is 6.92 Å². The van der Waals surface area contributed by atoms with E-state index in [4.69, 9.17) is 4.74 Å². The van der Waals surface area contributed by atoms with E-state index < -0.39 is 0 Å². The Kier molecular flexibility index (Phi) is 3.98. The van der Waals surface area contributed by atoms with Gasteiger partial charge in [0.05, 0.1) is 0 Å². The van der Waals surface area contributed by atoms with Crippen LogP contribution in [0.3, 0.4) is 0 Å². The lowest BCUT2D eigenvalue weighted by Gasteiger charge is -2.23. The van der Waals surface area contributed by atoms with Crippen LogP contribution in [0.15, 0.2) is 54.6 Å². The van der Waals surface area contributed by atoms with Gasteiger partial charge in [0, 0.05) is 23.6 Å². The number of hydrogen-bond acceptors (Lipinski definition) is 3. The van der Waals surface area contributed by atoms with Crippen LogP contribution in [0.5, 0.6) is 5.75 Å². The molecule has 126 valence electrons. The van der Waals surface area contributed by atoms with Gasteiger partial charge < -0.3 is 10.1 Å². The zero-order valence-electron chi connectivity index (χ0n) is 14.0. The maximum atomic E-state index is 12.0. The number of fused-ring (bicyclic) bond motifs is 1. The Hall–Kier alpha value is -3.08. The van der Waals surface area contributed by atoms with Gasteiger partial charge in [-0.15, -0.1) is 0 Å². The fourth-order valence-electron chi connectivity index (χ4n) is 3.25. The van der Waals surface area contributed by atoms with Crippen LogP contribution < -0.4 is 10.1 Å². The molecule has 1 amide bonds. The average Bonchev–Trinajstić information content (AvgIpc) is 3.01. The second kappa shape index (κ2) is 6.43. The number of carbonyl (C=O) groups excluding carboxylic acids is 1. The van der Waals surface area contributed by atoms with E-state index in [0.29, 0.717) is 18.8 Å². The molecule has 0 radical (unpaired) electrons. The summed E-state index contributed by atoms with van der Waals surface area (Å²) in [5.41, 5.74) is 4.28. The van der Waals surface area contributed by atoms with Gasteiger partial charge in [0.2, 0.25) is 5.91 Å². The zero-order chi connectivity index (χ0) is 17.2. The fraction of sp³-hybridized carbons (Fsp3) is 0.200. The number of rotatable bonds is 4. The topological polar surface area (TPSA) is 67.0 Å². The van der Waals surface area contributed by atoms with Gasteiger partial charge in [0.1, 0.15) is 12.4 Å². The van der Waals surface area contributed by atoms with E-state index in [1.807, 2.05) is 61.5 Å². The van der Waals surface area contributed by atoms with Crippen molar-refractivity contribution < 1.29 is 9.53 Å². The number of amides is 1. The van der Waals surface area contributed by atoms with Crippen LogP contribution >= 0.6 is 0 Å². The van der Waals surface area contributed by atoms with E-state index in [9.17, 15) is 4.79 Å². The molecule has 1 aliphatic rings. The van der Waals surface area contributed by atoms with E-state index in [1.165, 1.54) is 0 Å². The number of H-pyrrole nitrogens is 1. The second-order valence-corrected chi connectivity index (χ2v) is 6.26. The number of ether oxygens (including phenoxy) is 1. The highest BCUT2D eigenvalue weighted by atomic mass is 16.5. The van der Waals surface area contributed by atoms with Gasteiger partial charge in [-0.1, -0.05) is 42.5 Å². The Morgan fingerprint density at radius 1 is 1.12 bits per heavy atom. The van der Waals surface area contributed by atoms with Crippen LogP contribution in [0.25, 0.3) is 0 Å². The molecule has 2 heterocycles. The summed E-state index contributed by atoms with van der Waals surface area (Å²) in [6, 6.07) is 18.0. The number of nitrogens with zero attached hydrogens (tertiary/aromatic N) is 1. The third-order valence-electron chi connectivity index (χ3n) is 4.52. The van der Waals surface area contributed by atoms with Gasteiger partial charge in [-0.3, -0.25) is 9.89 Å². The first-order valence-electron chi connectivity index (χ1n) is 8.32. The summed E-state index contributed by atoms with van der Waals surface area (Å²) >= 11 is 0. The average molecular weight is 333 g/mol. The van der Waals surface area contributed by atoms with Gasteiger partial charge >= 0.3 is 0 Å². The summed E-state index contributed by atoms with van der Waals surface area (Å²) in [5, 5.41) is 9.97. The van der Waals surface area contributed by atoms with Crippen molar-refractivity contribution >= 4 is 11.7 Å². The predicted octanol–water partition coefficient (Wildman–Crippen LogP) is 3.77. The lowest BCUT2D eigenvalue weighted by molar-refractivity contribution is -0.116. The van der Waals surface area contributed by atoms with Crippen molar-refractivity contribution in [1.82, 2.24) is 10.2 Å². The van der Waals surface area contributed by atoms with E-state index in [1.54, 1.807) is 0 Å².